The van der Waals surface area contributed by atoms with E-state index in [-0.39, 0.29) is 12.4 Å². The second kappa shape index (κ2) is 5.72. The van der Waals surface area contributed by atoms with Crippen molar-refractivity contribution in [2.45, 2.75) is 44.1 Å². The number of hydrogen-bond acceptors (Lipinski definition) is 2. The van der Waals surface area contributed by atoms with Crippen LogP contribution in [0.5, 0.6) is 5.75 Å². The Bertz CT molecular complexity index is 448. The Morgan fingerprint density at radius 2 is 2.00 bits per heavy atom. The lowest BCUT2D eigenvalue weighted by Gasteiger charge is -2.48. The molecule has 1 fully saturated rings. The van der Waals surface area contributed by atoms with E-state index in [9.17, 15) is 0 Å². The standard InChI is InChI=1S/C16H23NO.ClH/c1-17-10-4-3-8-16(17)9-7-13-11-15(18-2)6-5-14(13)12-16;/h5-6,11H,3-4,7-10,12H2,1-2H3;1H. The molecule has 19 heavy (non-hydrogen) atoms. The van der Waals surface area contributed by atoms with Crippen molar-refractivity contribution in [3.63, 3.8) is 0 Å². The van der Waals surface area contributed by atoms with E-state index in [1.165, 1.54) is 56.2 Å². The van der Waals surface area contributed by atoms with Crippen LogP contribution >= 0.6 is 12.4 Å². The zero-order chi connectivity index (χ0) is 12.6. The number of hydrogen-bond donors (Lipinski definition) is 0. The summed E-state index contributed by atoms with van der Waals surface area (Å²) >= 11 is 0. The summed E-state index contributed by atoms with van der Waals surface area (Å²) < 4.78 is 5.33. The molecule has 1 aromatic carbocycles. The molecule has 1 aromatic rings. The first-order chi connectivity index (χ1) is 8.73. The van der Waals surface area contributed by atoms with Crippen LogP contribution in [-0.4, -0.2) is 31.1 Å². The van der Waals surface area contributed by atoms with E-state index in [4.69, 9.17) is 4.74 Å². The van der Waals surface area contributed by atoms with Crippen LogP contribution in [0.1, 0.15) is 36.8 Å². The third kappa shape index (κ3) is 2.61. The van der Waals surface area contributed by atoms with E-state index >= 15 is 0 Å². The summed E-state index contributed by atoms with van der Waals surface area (Å²) in [7, 11) is 4.06. The van der Waals surface area contributed by atoms with Crippen LogP contribution in [0.25, 0.3) is 0 Å². The average Bonchev–Trinajstić information content (AvgIpc) is 2.42. The molecule has 2 nitrogen and oxygen atoms in total. The fraction of sp³-hybridized carbons (Fsp3) is 0.625. The van der Waals surface area contributed by atoms with Gasteiger partial charge in [0.2, 0.25) is 0 Å². The minimum absolute atomic E-state index is 0. The molecule has 0 bridgehead atoms. The quantitative estimate of drug-likeness (QED) is 0.782. The van der Waals surface area contributed by atoms with E-state index in [1.54, 1.807) is 7.11 Å². The first-order valence-corrected chi connectivity index (χ1v) is 7.11. The first-order valence-electron chi connectivity index (χ1n) is 7.11. The number of ether oxygens (including phenoxy) is 1. The number of halogens is 1. The molecule has 106 valence electrons. The van der Waals surface area contributed by atoms with Crippen molar-refractivity contribution in [3.8, 4) is 5.75 Å². The smallest absolute Gasteiger partial charge is 0.119 e. The van der Waals surface area contributed by atoms with E-state index in [0.29, 0.717) is 5.54 Å². The van der Waals surface area contributed by atoms with Gasteiger partial charge in [0.1, 0.15) is 5.75 Å². The number of nitrogens with zero attached hydrogens (tertiary/aromatic N) is 1. The maximum Gasteiger partial charge on any atom is 0.119 e. The second-order valence-electron chi connectivity index (χ2n) is 5.91. The number of rotatable bonds is 1. The van der Waals surface area contributed by atoms with Gasteiger partial charge < -0.3 is 9.64 Å². The number of benzene rings is 1. The average molecular weight is 282 g/mol. The van der Waals surface area contributed by atoms with Gasteiger partial charge in [-0.05, 0) is 69.0 Å². The monoisotopic (exact) mass is 281 g/mol. The van der Waals surface area contributed by atoms with E-state index < -0.39 is 0 Å². The third-order valence-electron chi connectivity index (χ3n) is 4.99. The Hall–Kier alpha value is -0.730. The molecule has 1 unspecified atom stereocenters. The Morgan fingerprint density at radius 3 is 2.74 bits per heavy atom. The summed E-state index contributed by atoms with van der Waals surface area (Å²) in [5.74, 6) is 1.00. The van der Waals surface area contributed by atoms with Crippen molar-refractivity contribution in [2.24, 2.45) is 0 Å². The molecule has 0 radical (unpaired) electrons. The maximum absolute atomic E-state index is 5.33. The molecular formula is C16H24ClNO. The number of likely N-dealkylation sites (N-methyl/N-ethyl adjacent to an activating group) is 1. The maximum atomic E-state index is 5.33. The molecule has 1 spiro atoms. The van der Waals surface area contributed by atoms with Crippen molar-refractivity contribution < 1.29 is 4.74 Å². The fourth-order valence-corrected chi connectivity index (χ4v) is 3.71. The molecule has 2 aliphatic rings. The van der Waals surface area contributed by atoms with Crippen LogP contribution in [0.3, 0.4) is 0 Å². The molecule has 1 aliphatic heterocycles. The van der Waals surface area contributed by atoms with Crippen LogP contribution in [0.15, 0.2) is 18.2 Å². The van der Waals surface area contributed by atoms with Crippen LogP contribution < -0.4 is 4.74 Å². The van der Waals surface area contributed by atoms with Gasteiger partial charge >= 0.3 is 0 Å². The Balaban J connectivity index is 0.00000133. The highest BCUT2D eigenvalue weighted by atomic mass is 35.5. The third-order valence-corrected chi connectivity index (χ3v) is 4.99. The normalized spacial score (nSPS) is 26.6. The number of piperidine rings is 1. The summed E-state index contributed by atoms with van der Waals surface area (Å²) in [5.41, 5.74) is 3.48. The van der Waals surface area contributed by atoms with Gasteiger partial charge in [-0.2, -0.15) is 0 Å². The lowest BCUT2D eigenvalue weighted by molar-refractivity contribution is 0.0593. The molecule has 1 heterocycles. The van der Waals surface area contributed by atoms with Gasteiger partial charge in [0.05, 0.1) is 7.11 Å². The van der Waals surface area contributed by atoms with Crippen molar-refractivity contribution in [3.05, 3.63) is 29.3 Å². The number of aryl methyl sites for hydroxylation is 1. The molecule has 0 aromatic heterocycles. The van der Waals surface area contributed by atoms with Crippen LogP contribution in [-0.2, 0) is 12.8 Å². The number of likely N-dealkylation sites (tertiary alicyclic amines) is 1. The van der Waals surface area contributed by atoms with Crippen LogP contribution in [0.2, 0.25) is 0 Å². The number of methoxy groups -OCH3 is 1. The molecule has 0 saturated carbocycles. The highest BCUT2D eigenvalue weighted by Crippen LogP contribution is 2.39. The minimum Gasteiger partial charge on any atom is -0.497 e. The fourth-order valence-electron chi connectivity index (χ4n) is 3.71. The largest absolute Gasteiger partial charge is 0.497 e. The summed E-state index contributed by atoms with van der Waals surface area (Å²) in [6.07, 6.45) is 7.88. The molecular weight excluding hydrogens is 258 g/mol. The zero-order valence-electron chi connectivity index (χ0n) is 11.9. The molecule has 1 saturated heterocycles. The van der Waals surface area contributed by atoms with Gasteiger partial charge in [-0.3, -0.25) is 0 Å². The topological polar surface area (TPSA) is 12.5 Å². The highest BCUT2D eigenvalue weighted by Gasteiger charge is 2.39. The molecule has 1 atom stereocenters. The summed E-state index contributed by atoms with van der Waals surface area (Å²) in [4.78, 5) is 2.61. The van der Waals surface area contributed by atoms with Crippen LogP contribution in [0, 0.1) is 0 Å². The second-order valence-corrected chi connectivity index (χ2v) is 5.91. The lowest BCUT2D eigenvalue weighted by atomic mass is 9.72. The van der Waals surface area contributed by atoms with Gasteiger partial charge in [-0.1, -0.05) is 12.5 Å². The Kier molecular flexibility index (Phi) is 4.42. The predicted octanol–water partition coefficient (Wildman–Crippen LogP) is 3.46. The van der Waals surface area contributed by atoms with Crippen molar-refractivity contribution in [1.29, 1.82) is 0 Å². The first kappa shape index (κ1) is 14.7. The number of fused-ring (bicyclic) bond motifs is 1. The van der Waals surface area contributed by atoms with Gasteiger partial charge in [0, 0.05) is 5.54 Å². The van der Waals surface area contributed by atoms with Crippen molar-refractivity contribution in [2.75, 3.05) is 20.7 Å². The summed E-state index contributed by atoms with van der Waals surface area (Å²) in [6.45, 7) is 1.27. The molecule has 0 N–H and O–H groups in total. The molecule has 3 heteroatoms. The SMILES string of the molecule is COc1ccc2c(c1)CCC1(CCCCN1C)C2.Cl. The predicted molar refractivity (Wildman–Crippen MR) is 81.5 cm³/mol. The molecule has 3 rings (SSSR count). The van der Waals surface area contributed by atoms with E-state index in [1.807, 2.05) is 0 Å². The van der Waals surface area contributed by atoms with Gasteiger partial charge in [-0.15, -0.1) is 12.4 Å². The zero-order valence-corrected chi connectivity index (χ0v) is 12.8. The van der Waals surface area contributed by atoms with Crippen molar-refractivity contribution >= 4 is 12.4 Å². The van der Waals surface area contributed by atoms with Gasteiger partial charge in [-0.25, -0.2) is 0 Å². The van der Waals surface area contributed by atoms with Gasteiger partial charge in [0.25, 0.3) is 0 Å². The summed E-state index contributed by atoms with van der Waals surface area (Å²) in [5, 5.41) is 0. The minimum atomic E-state index is 0. The lowest BCUT2D eigenvalue weighted by Crippen LogP contribution is -2.53. The molecule has 1 aliphatic carbocycles. The van der Waals surface area contributed by atoms with Crippen molar-refractivity contribution in [1.82, 2.24) is 4.90 Å². The van der Waals surface area contributed by atoms with Gasteiger partial charge in [0.15, 0.2) is 0 Å². The Labute approximate surface area is 122 Å². The Morgan fingerprint density at radius 1 is 1.16 bits per heavy atom. The molecule has 0 amide bonds. The van der Waals surface area contributed by atoms with Crippen LogP contribution in [0.4, 0.5) is 0 Å². The highest BCUT2D eigenvalue weighted by molar-refractivity contribution is 5.85. The van der Waals surface area contributed by atoms with E-state index in [0.717, 1.165) is 5.75 Å². The summed E-state index contributed by atoms with van der Waals surface area (Å²) in [6, 6.07) is 6.61. The van der Waals surface area contributed by atoms with E-state index in [2.05, 4.69) is 30.1 Å².